The minimum atomic E-state index is -0.350. The number of carbonyl (C=O) groups excluding carboxylic acids is 1. The van der Waals surface area contributed by atoms with Crippen LogP contribution in [0.3, 0.4) is 0 Å². The molecule has 2 aliphatic rings. The molecule has 1 aromatic heterocycles. The fourth-order valence-electron chi connectivity index (χ4n) is 4.70. The van der Waals surface area contributed by atoms with Crippen molar-refractivity contribution < 1.29 is 9.53 Å². The van der Waals surface area contributed by atoms with Crippen LogP contribution in [0.5, 0.6) is 5.75 Å². The summed E-state index contributed by atoms with van der Waals surface area (Å²) in [6, 6.07) is 15.2. The zero-order valence-electron chi connectivity index (χ0n) is 20.2. The molecule has 5 rings (SSSR count). The number of nitrogens with one attached hydrogen (secondary N) is 1. The van der Waals surface area contributed by atoms with Gasteiger partial charge in [0, 0.05) is 34.0 Å². The van der Waals surface area contributed by atoms with E-state index in [1.54, 1.807) is 11.8 Å². The number of allylic oxidation sites excluding steroid dienone is 2. The number of hydrogen-bond acceptors (Lipinski definition) is 6. The summed E-state index contributed by atoms with van der Waals surface area (Å²) in [4.78, 5) is 18.2. The van der Waals surface area contributed by atoms with Gasteiger partial charge in [0.05, 0.1) is 0 Å². The van der Waals surface area contributed by atoms with Crippen molar-refractivity contribution in [2.45, 2.75) is 57.8 Å². The number of benzene rings is 2. The van der Waals surface area contributed by atoms with Crippen LogP contribution in [0, 0.1) is 5.41 Å². The Labute approximate surface area is 215 Å². The summed E-state index contributed by atoms with van der Waals surface area (Å²) in [5, 5.41) is 9.64. The van der Waals surface area contributed by atoms with E-state index in [2.05, 4.69) is 26.1 Å². The van der Waals surface area contributed by atoms with E-state index in [1.807, 2.05) is 53.2 Å². The molecule has 1 aliphatic heterocycles. The van der Waals surface area contributed by atoms with E-state index in [0.29, 0.717) is 29.7 Å². The molecule has 1 atom stereocenters. The minimum absolute atomic E-state index is 0.102. The molecule has 1 N–H and O–H groups in total. The number of aromatic nitrogens is 3. The smallest absolute Gasteiger partial charge is 0.227 e. The predicted molar refractivity (Wildman–Crippen MR) is 140 cm³/mol. The molecule has 0 bridgehead atoms. The summed E-state index contributed by atoms with van der Waals surface area (Å²) in [6.07, 6.45) is 2.34. The Kier molecular flexibility index (Phi) is 6.64. The maximum atomic E-state index is 13.4. The van der Waals surface area contributed by atoms with Gasteiger partial charge in [-0.3, -0.25) is 4.79 Å². The van der Waals surface area contributed by atoms with E-state index >= 15 is 0 Å². The molecule has 2 heterocycles. The Morgan fingerprint density at radius 2 is 2.03 bits per heavy atom. The van der Waals surface area contributed by atoms with E-state index in [0.717, 1.165) is 46.1 Å². The third-order valence-electron chi connectivity index (χ3n) is 6.27. The van der Waals surface area contributed by atoms with Crippen LogP contribution < -0.4 is 10.1 Å². The topological polar surface area (TPSA) is 69.0 Å². The van der Waals surface area contributed by atoms with Crippen LogP contribution in [0.4, 0.5) is 5.95 Å². The third-order valence-corrected chi connectivity index (χ3v) is 7.69. The second kappa shape index (κ2) is 9.70. The molecule has 0 saturated carbocycles. The van der Waals surface area contributed by atoms with Crippen molar-refractivity contribution in [3.63, 3.8) is 0 Å². The zero-order chi connectivity index (χ0) is 24.6. The molecule has 0 amide bonds. The number of hydrogen-bond donors (Lipinski definition) is 1. The average Bonchev–Trinajstić information content (AvgIpc) is 3.22. The average molecular weight is 509 g/mol. The predicted octanol–water partition coefficient (Wildman–Crippen LogP) is 6.67. The third kappa shape index (κ3) is 4.98. The lowest BCUT2D eigenvalue weighted by atomic mass is 9.73. The number of ether oxygens (including phenoxy) is 1. The summed E-state index contributed by atoms with van der Waals surface area (Å²) in [5.74, 6) is 2.49. The second-order valence-corrected chi connectivity index (χ2v) is 11.3. The quantitative estimate of drug-likeness (QED) is 0.359. The van der Waals surface area contributed by atoms with Crippen molar-refractivity contribution in [2.24, 2.45) is 5.41 Å². The lowest BCUT2D eigenvalue weighted by molar-refractivity contribution is -0.118. The second-order valence-electron chi connectivity index (χ2n) is 9.82. The number of halogens is 1. The molecule has 2 aromatic carbocycles. The van der Waals surface area contributed by atoms with Crippen molar-refractivity contribution in [3.8, 4) is 5.75 Å². The first-order chi connectivity index (χ1) is 16.8. The van der Waals surface area contributed by atoms with Crippen molar-refractivity contribution in [1.29, 1.82) is 0 Å². The molecule has 0 fully saturated rings. The summed E-state index contributed by atoms with van der Waals surface area (Å²) in [7, 11) is 0. The highest BCUT2D eigenvalue weighted by atomic mass is 35.5. The van der Waals surface area contributed by atoms with E-state index in [1.165, 1.54) is 0 Å². The first-order valence-electron chi connectivity index (χ1n) is 11.9. The first kappa shape index (κ1) is 23.9. The SMILES string of the molecule is CCCSc1nc2n(n1)C(c1cccc(OCc3ccccc3Cl)c1)C1=C(CC(C)(C)CC1=O)N2. The molecule has 6 nitrogen and oxygen atoms in total. The van der Waals surface area contributed by atoms with Gasteiger partial charge in [0.15, 0.2) is 5.78 Å². The van der Waals surface area contributed by atoms with Crippen molar-refractivity contribution in [3.05, 3.63) is 76.0 Å². The van der Waals surface area contributed by atoms with Gasteiger partial charge in [0.25, 0.3) is 0 Å². The molecule has 182 valence electrons. The Hall–Kier alpha value is -2.77. The van der Waals surface area contributed by atoms with E-state index in [9.17, 15) is 4.79 Å². The molecule has 3 aromatic rings. The molecule has 1 aliphatic carbocycles. The standard InChI is InChI=1S/C27H29ClN4O2S/c1-4-12-35-26-30-25-29-21-14-27(2,3)15-22(33)23(21)24(32(25)31-26)17-9-7-10-19(13-17)34-16-18-8-5-6-11-20(18)28/h5-11,13,24H,4,12,14-16H2,1-3H3,(H,29,30,31). The Bertz CT molecular complexity index is 1300. The van der Waals surface area contributed by atoms with Crippen molar-refractivity contribution in [1.82, 2.24) is 14.8 Å². The lowest BCUT2D eigenvalue weighted by Crippen LogP contribution is -2.36. The van der Waals surface area contributed by atoms with Gasteiger partial charge < -0.3 is 10.1 Å². The molecule has 1 unspecified atom stereocenters. The Morgan fingerprint density at radius 1 is 1.20 bits per heavy atom. The monoisotopic (exact) mass is 508 g/mol. The largest absolute Gasteiger partial charge is 0.489 e. The van der Waals surface area contributed by atoms with Crippen LogP contribution in [-0.2, 0) is 11.4 Å². The van der Waals surface area contributed by atoms with Gasteiger partial charge in [-0.2, -0.15) is 4.98 Å². The van der Waals surface area contributed by atoms with Gasteiger partial charge in [-0.25, -0.2) is 4.68 Å². The van der Waals surface area contributed by atoms with Gasteiger partial charge in [0.2, 0.25) is 11.1 Å². The molecular weight excluding hydrogens is 480 g/mol. The van der Waals surface area contributed by atoms with E-state index in [4.69, 9.17) is 26.4 Å². The highest BCUT2D eigenvalue weighted by Crippen LogP contribution is 2.46. The molecule has 0 spiro atoms. The number of fused-ring (bicyclic) bond motifs is 1. The van der Waals surface area contributed by atoms with Crippen LogP contribution in [0.25, 0.3) is 0 Å². The minimum Gasteiger partial charge on any atom is -0.489 e. The normalized spacial score (nSPS) is 18.6. The maximum absolute atomic E-state index is 13.4. The number of thioether (sulfide) groups is 1. The number of rotatable bonds is 7. The van der Waals surface area contributed by atoms with Gasteiger partial charge in [-0.05, 0) is 42.0 Å². The Balaban J connectivity index is 1.52. The summed E-state index contributed by atoms with van der Waals surface area (Å²) in [5.41, 5.74) is 3.49. The Morgan fingerprint density at radius 3 is 2.83 bits per heavy atom. The van der Waals surface area contributed by atoms with Crippen LogP contribution in [0.1, 0.15) is 57.2 Å². The van der Waals surface area contributed by atoms with Crippen LogP contribution in [0.15, 0.2) is 65.0 Å². The van der Waals surface area contributed by atoms with E-state index in [-0.39, 0.29) is 17.2 Å². The van der Waals surface area contributed by atoms with Gasteiger partial charge >= 0.3 is 0 Å². The lowest BCUT2D eigenvalue weighted by Gasteiger charge is -2.38. The fraction of sp³-hybridized carbons (Fsp3) is 0.370. The molecule has 0 saturated heterocycles. The van der Waals surface area contributed by atoms with Gasteiger partial charge in [-0.1, -0.05) is 74.5 Å². The highest BCUT2D eigenvalue weighted by Gasteiger charge is 2.42. The molecular formula is C27H29ClN4O2S. The number of carbonyl (C=O) groups is 1. The van der Waals surface area contributed by atoms with Gasteiger partial charge in [0.1, 0.15) is 18.4 Å². The number of ketones is 1. The summed E-state index contributed by atoms with van der Waals surface area (Å²) >= 11 is 7.93. The van der Waals surface area contributed by atoms with Gasteiger partial charge in [-0.15, -0.1) is 5.10 Å². The molecule has 35 heavy (non-hydrogen) atoms. The number of nitrogens with zero attached hydrogens (tertiary/aromatic N) is 3. The van der Waals surface area contributed by atoms with Crippen LogP contribution in [0.2, 0.25) is 5.02 Å². The summed E-state index contributed by atoms with van der Waals surface area (Å²) in [6.45, 7) is 6.77. The van der Waals surface area contributed by atoms with Crippen LogP contribution in [-0.4, -0.2) is 26.3 Å². The van der Waals surface area contributed by atoms with Crippen molar-refractivity contribution in [2.75, 3.05) is 11.1 Å². The number of Topliss-reactive ketones (excluding diaryl/α,β-unsaturated/α-hetero) is 1. The van der Waals surface area contributed by atoms with Crippen molar-refractivity contribution >= 4 is 35.1 Å². The molecule has 8 heteroatoms. The first-order valence-corrected chi connectivity index (χ1v) is 13.3. The summed E-state index contributed by atoms with van der Waals surface area (Å²) < 4.78 is 7.96. The maximum Gasteiger partial charge on any atom is 0.227 e. The van der Waals surface area contributed by atoms with Crippen LogP contribution >= 0.6 is 23.4 Å². The highest BCUT2D eigenvalue weighted by molar-refractivity contribution is 7.99. The van der Waals surface area contributed by atoms with E-state index < -0.39 is 0 Å². The zero-order valence-corrected chi connectivity index (χ0v) is 21.7. The fourth-order valence-corrected chi connectivity index (χ4v) is 5.58. The molecule has 0 radical (unpaired) electrons. The number of anilines is 1.